The van der Waals surface area contributed by atoms with Crippen LogP contribution in [0.1, 0.15) is 34.2 Å². The van der Waals surface area contributed by atoms with E-state index in [0.29, 0.717) is 52.0 Å². The fourth-order valence-electron chi connectivity index (χ4n) is 7.59. The van der Waals surface area contributed by atoms with Crippen molar-refractivity contribution >= 4 is 21.9 Å². The van der Waals surface area contributed by atoms with E-state index >= 15 is 0 Å². The van der Waals surface area contributed by atoms with Crippen LogP contribution in [0.15, 0.2) is 152 Å². The number of hydrogen-bond donors (Lipinski definition) is 2. The Morgan fingerprint density at radius 1 is 0.456 bits per heavy atom. The molecule has 4 aromatic carbocycles. The van der Waals surface area contributed by atoms with E-state index in [1.807, 2.05) is 98.8 Å². The molecule has 6 aromatic heterocycles. The van der Waals surface area contributed by atoms with Crippen molar-refractivity contribution in [2.45, 2.75) is 39.4 Å². The van der Waals surface area contributed by atoms with Gasteiger partial charge in [0.1, 0.15) is 23.1 Å². The first kappa shape index (κ1) is 44.7. The van der Waals surface area contributed by atoms with E-state index in [-0.39, 0.29) is 17.9 Å². The van der Waals surface area contributed by atoms with Crippen LogP contribution in [-0.2, 0) is 12.8 Å². The summed E-state index contributed by atoms with van der Waals surface area (Å²) in [4.78, 5) is 38.6. The van der Waals surface area contributed by atoms with E-state index in [1.165, 1.54) is 36.4 Å². The van der Waals surface area contributed by atoms with Crippen LogP contribution < -0.4 is 9.47 Å². The third-order valence-electron chi connectivity index (χ3n) is 10.4. The maximum absolute atomic E-state index is 12.6. The van der Waals surface area contributed by atoms with Gasteiger partial charge in [-0.1, -0.05) is 54.6 Å². The molecular weight excluding hydrogens is 885 g/mol. The van der Waals surface area contributed by atoms with Crippen molar-refractivity contribution in [3.05, 3.63) is 186 Å². The first-order valence-corrected chi connectivity index (χ1v) is 21.0. The molecule has 10 rings (SSSR count). The standard InChI is InChI=1S/C26H19F3N4O.C25H18F3N5O/c1-16-5-2-9-22(31-16)25-24(19-10-11-21-18(15-19)7-4-12-30-21)32-23(33-25)14-17-6-3-8-20(13-17)34-26(27,28)29;1-15-4-2-7-20(31-15)24-23(17-8-9-19-21(14-17)30-11-10-29-19)32-22(33-24)13-16-5-3-6-18(12-16)34-25(26,27)28/h2-13,15H,14H2,1H3,(H,32,33);2-12,14H,13H2,1H3,(H,32,33). The Bertz CT molecular complexity index is 3180. The fourth-order valence-corrected chi connectivity index (χ4v) is 7.59. The molecule has 0 aliphatic heterocycles. The third-order valence-corrected chi connectivity index (χ3v) is 10.4. The number of aromatic amines is 2. The zero-order chi connectivity index (χ0) is 47.4. The normalized spacial score (nSPS) is 11.6. The summed E-state index contributed by atoms with van der Waals surface area (Å²) in [5.74, 6) is 0.644. The Hall–Kier alpha value is -8.47. The van der Waals surface area contributed by atoms with Gasteiger partial charge in [0.15, 0.2) is 0 Å². The lowest BCUT2D eigenvalue weighted by molar-refractivity contribution is -0.275. The molecule has 11 nitrogen and oxygen atoms in total. The lowest BCUT2D eigenvalue weighted by Crippen LogP contribution is -2.17. The topological polar surface area (TPSA) is 140 Å². The van der Waals surface area contributed by atoms with Gasteiger partial charge in [0.25, 0.3) is 0 Å². The second kappa shape index (κ2) is 18.8. The largest absolute Gasteiger partial charge is 0.573 e. The van der Waals surface area contributed by atoms with Crippen LogP contribution in [0.25, 0.3) is 67.2 Å². The molecule has 0 radical (unpaired) electrons. The minimum atomic E-state index is -4.75. The van der Waals surface area contributed by atoms with Crippen LogP contribution in [0.5, 0.6) is 11.5 Å². The van der Waals surface area contributed by atoms with Crippen molar-refractivity contribution in [3.8, 4) is 56.8 Å². The average Bonchev–Trinajstić information content (AvgIpc) is 3.93. The van der Waals surface area contributed by atoms with Gasteiger partial charge < -0.3 is 19.4 Å². The monoisotopic (exact) mass is 921 g/mol. The summed E-state index contributed by atoms with van der Waals surface area (Å²) in [7, 11) is 0. The van der Waals surface area contributed by atoms with Gasteiger partial charge in [0.05, 0.1) is 50.7 Å². The minimum Gasteiger partial charge on any atom is -0.406 e. The summed E-state index contributed by atoms with van der Waals surface area (Å²) >= 11 is 0. The Morgan fingerprint density at radius 2 is 0.941 bits per heavy atom. The first-order chi connectivity index (χ1) is 32.7. The van der Waals surface area contributed by atoms with Gasteiger partial charge in [-0.15, -0.1) is 26.3 Å². The molecule has 0 amide bonds. The van der Waals surface area contributed by atoms with Gasteiger partial charge in [-0.25, -0.2) is 9.97 Å². The number of aryl methyl sites for hydroxylation is 2. The predicted octanol–water partition coefficient (Wildman–Crippen LogP) is 12.4. The number of aromatic nitrogens is 9. The van der Waals surface area contributed by atoms with Crippen LogP contribution >= 0.6 is 0 Å². The number of nitrogens with one attached hydrogen (secondary N) is 2. The molecule has 6 heterocycles. The summed E-state index contributed by atoms with van der Waals surface area (Å²) in [5.41, 5.74) is 11.3. The molecule has 0 aliphatic rings. The quantitative estimate of drug-likeness (QED) is 0.128. The zero-order valence-electron chi connectivity index (χ0n) is 36.1. The Labute approximate surface area is 384 Å². The lowest BCUT2D eigenvalue weighted by Gasteiger charge is -2.09. The molecule has 17 heteroatoms. The van der Waals surface area contributed by atoms with Crippen LogP contribution in [0.2, 0.25) is 0 Å². The minimum absolute atomic E-state index is 0.264. The van der Waals surface area contributed by atoms with Crippen LogP contribution in [-0.4, -0.2) is 57.6 Å². The van der Waals surface area contributed by atoms with E-state index in [9.17, 15) is 26.3 Å². The number of fused-ring (bicyclic) bond motifs is 2. The van der Waals surface area contributed by atoms with Crippen molar-refractivity contribution in [2.75, 3.05) is 0 Å². The smallest absolute Gasteiger partial charge is 0.406 e. The molecule has 10 aromatic rings. The Balaban J connectivity index is 0.000000170. The number of alkyl halides is 6. The van der Waals surface area contributed by atoms with Gasteiger partial charge in [0, 0.05) is 59.3 Å². The molecule has 68 heavy (non-hydrogen) atoms. The number of ether oxygens (including phenoxy) is 2. The number of hydrogen-bond acceptors (Lipinski definition) is 9. The third kappa shape index (κ3) is 11.0. The predicted molar refractivity (Wildman–Crippen MR) is 244 cm³/mol. The van der Waals surface area contributed by atoms with Crippen LogP contribution in [0.3, 0.4) is 0 Å². The molecule has 2 N–H and O–H groups in total. The highest BCUT2D eigenvalue weighted by Gasteiger charge is 2.32. The molecule has 0 atom stereocenters. The highest BCUT2D eigenvalue weighted by Crippen LogP contribution is 2.34. The molecule has 0 bridgehead atoms. The summed E-state index contributed by atoms with van der Waals surface area (Å²) in [5, 5.41) is 0.977. The van der Waals surface area contributed by atoms with Gasteiger partial charge in [0.2, 0.25) is 0 Å². The molecule has 0 saturated carbocycles. The van der Waals surface area contributed by atoms with E-state index in [0.717, 1.165) is 55.8 Å². The second-order valence-electron chi connectivity index (χ2n) is 15.6. The summed E-state index contributed by atoms with van der Waals surface area (Å²) in [6, 6.07) is 38.6. The number of H-pyrrole nitrogens is 2. The number of rotatable bonds is 10. The highest BCUT2D eigenvalue weighted by molar-refractivity contribution is 5.87. The van der Waals surface area contributed by atoms with Crippen molar-refractivity contribution in [2.24, 2.45) is 0 Å². The van der Waals surface area contributed by atoms with Crippen LogP contribution in [0, 0.1) is 13.8 Å². The second-order valence-corrected chi connectivity index (χ2v) is 15.6. The fraction of sp³-hybridized carbons (Fsp3) is 0.118. The summed E-state index contributed by atoms with van der Waals surface area (Å²) < 4.78 is 83.8. The SMILES string of the molecule is Cc1cccc(-c2[nH]c(Cc3cccc(OC(F)(F)F)c3)nc2-c2ccc3ncccc3c2)n1.Cc1cccc(-c2[nH]c(Cc3cccc(OC(F)(F)F)c3)nc2-c2ccc3nccnc3c2)n1. The van der Waals surface area contributed by atoms with Crippen molar-refractivity contribution in [3.63, 3.8) is 0 Å². The molecule has 340 valence electrons. The molecular formula is C51H37F6N9O2. The molecule has 0 fully saturated rings. The number of pyridine rings is 3. The molecule has 0 saturated heterocycles. The van der Waals surface area contributed by atoms with E-state index < -0.39 is 12.7 Å². The van der Waals surface area contributed by atoms with Crippen molar-refractivity contribution < 1.29 is 35.8 Å². The first-order valence-electron chi connectivity index (χ1n) is 21.0. The number of nitrogens with zero attached hydrogens (tertiary/aromatic N) is 7. The number of imidazole rings is 2. The van der Waals surface area contributed by atoms with E-state index in [2.05, 4.69) is 44.4 Å². The molecule has 0 aliphatic carbocycles. The van der Waals surface area contributed by atoms with Crippen molar-refractivity contribution in [1.82, 2.24) is 44.9 Å². The zero-order valence-corrected chi connectivity index (χ0v) is 36.1. The maximum atomic E-state index is 12.6. The van der Waals surface area contributed by atoms with Gasteiger partial charge in [-0.2, -0.15) is 0 Å². The van der Waals surface area contributed by atoms with Crippen LogP contribution in [0.4, 0.5) is 26.3 Å². The maximum Gasteiger partial charge on any atom is 0.573 e. The van der Waals surface area contributed by atoms with Crippen molar-refractivity contribution in [1.29, 1.82) is 0 Å². The number of halogens is 6. The Kier molecular flexibility index (Phi) is 12.4. The molecule has 0 spiro atoms. The number of benzene rings is 4. The molecule has 0 unspecified atom stereocenters. The highest BCUT2D eigenvalue weighted by atomic mass is 19.4. The van der Waals surface area contributed by atoms with E-state index in [1.54, 1.807) is 30.7 Å². The van der Waals surface area contributed by atoms with Gasteiger partial charge in [-0.05, 0) is 104 Å². The summed E-state index contributed by atoms with van der Waals surface area (Å²) in [6.07, 6.45) is -3.92. The average molecular weight is 922 g/mol. The van der Waals surface area contributed by atoms with Gasteiger partial charge in [-0.3, -0.25) is 24.9 Å². The van der Waals surface area contributed by atoms with E-state index in [4.69, 9.17) is 9.97 Å². The van der Waals surface area contributed by atoms with Gasteiger partial charge >= 0.3 is 12.7 Å². The lowest BCUT2D eigenvalue weighted by atomic mass is 10.1. The summed E-state index contributed by atoms with van der Waals surface area (Å²) in [6.45, 7) is 3.81. The Morgan fingerprint density at radius 3 is 1.47 bits per heavy atom.